The molecule has 2 aromatic rings. The molecule has 0 aliphatic rings. The summed E-state index contributed by atoms with van der Waals surface area (Å²) in [6.45, 7) is 4.50. The van der Waals surface area contributed by atoms with Crippen molar-refractivity contribution in [2.75, 3.05) is 0 Å². The van der Waals surface area contributed by atoms with Crippen LogP contribution in [0.25, 0.3) is 0 Å². The summed E-state index contributed by atoms with van der Waals surface area (Å²) in [5.74, 6) is -0.822. The summed E-state index contributed by atoms with van der Waals surface area (Å²) in [4.78, 5) is 10.8. The van der Waals surface area contributed by atoms with Gasteiger partial charge in [0, 0.05) is 43.2 Å². The number of rotatable bonds is 5. The summed E-state index contributed by atoms with van der Waals surface area (Å²) < 4.78 is 3.71. The van der Waals surface area contributed by atoms with Gasteiger partial charge in [-0.25, -0.2) is 0 Å². The lowest BCUT2D eigenvalue weighted by molar-refractivity contribution is -0.136. The number of aromatic nitrogens is 4. The van der Waals surface area contributed by atoms with Crippen molar-refractivity contribution >= 4 is 5.97 Å². The molecule has 6 nitrogen and oxygen atoms in total. The van der Waals surface area contributed by atoms with Crippen LogP contribution in [0.3, 0.4) is 0 Å². The zero-order valence-corrected chi connectivity index (χ0v) is 11.4. The van der Waals surface area contributed by atoms with Crippen LogP contribution in [0.1, 0.15) is 22.6 Å². The number of aliphatic carboxylic acids is 1. The van der Waals surface area contributed by atoms with Crippen molar-refractivity contribution in [2.45, 2.75) is 33.2 Å². The van der Waals surface area contributed by atoms with Crippen LogP contribution in [0.4, 0.5) is 0 Å². The van der Waals surface area contributed by atoms with Gasteiger partial charge in [0.1, 0.15) is 0 Å². The quantitative estimate of drug-likeness (QED) is 0.875. The highest BCUT2D eigenvalue weighted by molar-refractivity contribution is 5.70. The van der Waals surface area contributed by atoms with Crippen LogP contribution in [0, 0.1) is 13.8 Å². The maximum absolute atomic E-state index is 10.8. The third-order valence-electron chi connectivity index (χ3n) is 3.36. The van der Waals surface area contributed by atoms with Gasteiger partial charge in [-0.05, 0) is 19.9 Å². The molecule has 0 radical (unpaired) electrons. The second kappa shape index (κ2) is 5.26. The van der Waals surface area contributed by atoms with E-state index in [2.05, 4.69) is 10.2 Å². The molecule has 6 heteroatoms. The van der Waals surface area contributed by atoms with E-state index in [1.807, 2.05) is 36.3 Å². The second-order valence-corrected chi connectivity index (χ2v) is 4.64. The first-order chi connectivity index (χ1) is 8.99. The van der Waals surface area contributed by atoms with Gasteiger partial charge in [-0.1, -0.05) is 0 Å². The standard InChI is InChI=1S/C13H18N4O2/c1-9-12(8-13(18)19)10(2)17(15-9)7-5-11-4-6-14-16(11)3/h4,6H,5,7-8H2,1-3H3,(H,18,19). The first kappa shape index (κ1) is 13.3. The van der Waals surface area contributed by atoms with E-state index in [0.717, 1.165) is 35.6 Å². The molecule has 19 heavy (non-hydrogen) atoms. The number of carbonyl (C=O) groups is 1. The molecule has 102 valence electrons. The van der Waals surface area contributed by atoms with E-state index in [0.29, 0.717) is 0 Å². The van der Waals surface area contributed by atoms with Gasteiger partial charge in [-0.3, -0.25) is 14.2 Å². The van der Waals surface area contributed by atoms with Gasteiger partial charge in [-0.2, -0.15) is 10.2 Å². The molecule has 2 heterocycles. The molecule has 0 amide bonds. The highest BCUT2D eigenvalue weighted by Gasteiger charge is 2.14. The first-order valence-corrected chi connectivity index (χ1v) is 6.20. The Morgan fingerprint density at radius 2 is 2.16 bits per heavy atom. The van der Waals surface area contributed by atoms with Crippen LogP contribution >= 0.6 is 0 Å². The van der Waals surface area contributed by atoms with E-state index < -0.39 is 5.97 Å². The minimum atomic E-state index is -0.822. The minimum absolute atomic E-state index is 0.0311. The van der Waals surface area contributed by atoms with E-state index in [-0.39, 0.29) is 6.42 Å². The van der Waals surface area contributed by atoms with Crippen LogP contribution in [-0.2, 0) is 31.2 Å². The van der Waals surface area contributed by atoms with E-state index >= 15 is 0 Å². The van der Waals surface area contributed by atoms with Gasteiger partial charge in [0.05, 0.1) is 12.1 Å². The molecular weight excluding hydrogens is 244 g/mol. The van der Waals surface area contributed by atoms with Crippen LogP contribution in [0.15, 0.2) is 12.3 Å². The number of carboxylic acids is 1. The summed E-state index contributed by atoms with van der Waals surface area (Å²) >= 11 is 0. The summed E-state index contributed by atoms with van der Waals surface area (Å²) in [5, 5.41) is 17.4. The Hall–Kier alpha value is -2.11. The molecule has 0 aromatic carbocycles. The van der Waals surface area contributed by atoms with Crippen molar-refractivity contribution in [1.82, 2.24) is 19.6 Å². The number of hydrogen-bond donors (Lipinski definition) is 1. The zero-order valence-electron chi connectivity index (χ0n) is 11.4. The zero-order chi connectivity index (χ0) is 14.0. The molecule has 0 saturated carbocycles. The third-order valence-corrected chi connectivity index (χ3v) is 3.36. The van der Waals surface area contributed by atoms with Crippen LogP contribution in [-0.4, -0.2) is 30.6 Å². The van der Waals surface area contributed by atoms with Crippen molar-refractivity contribution in [1.29, 1.82) is 0 Å². The molecule has 0 unspecified atom stereocenters. The van der Waals surface area contributed by atoms with Crippen molar-refractivity contribution in [3.8, 4) is 0 Å². The van der Waals surface area contributed by atoms with Crippen molar-refractivity contribution in [3.63, 3.8) is 0 Å². The Morgan fingerprint density at radius 3 is 2.74 bits per heavy atom. The Morgan fingerprint density at radius 1 is 1.42 bits per heavy atom. The SMILES string of the molecule is Cc1nn(CCc2ccnn2C)c(C)c1CC(=O)O. The van der Waals surface area contributed by atoms with Crippen LogP contribution < -0.4 is 0 Å². The van der Waals surface area contributed by atoms with Crippen LogP contribution in [0.2, 0.25) is 0 Å². The van der Waals surface area contributed by atoms with E-state index in [4.69, 9.17) is 5.11 Å². The van der Waals surface area contributed by atoms with Crippen LogP contribution in [0.5, 0.6) is 0 Å². The van der Waals surface area contributed by atoms with Gasteiger partial charge in [0.2, 0.25) is 0 Å². The summed E-state index contributed by atoms with van der Waals surface area (Å²) in [5.41, 5.74) is 3.68. The highest BCUT2D eigenvalue weighted by Crippen LogP contribution is 2.14. The Bertz CT molecular complexity index is 598. The second-order valence-electron chi connectivity index (χ2n) is 4.64. The summed E-state index contributed by atoms with van der Waals surface area (Å²) in [7, 11) is 1.91. The fraction of sp³-hybridized carbons (Fsp3) is 0.462. The molecule has 2 rings (SSSR count). The Balaban J connectivity index is 2.13. The fourth-order valence-corrected chi connectivity index (χ4v) is 2.23. The van der Waals surface area contributed by atoms with Crippen molar-refractivity contribution in [3.05, 3.63) is 34.9 Å². The molecule has 0 spiro atoms. The lowest BCUT2D eigenvalue weighted by Crippen LogP contribution is -2.09. The maximum atomic E-state index is 10.8. The lowest BCUT2D eigenvalue weighted by atomic mass is 10.1. The topological polar surface area (TPSA) is 72.9 Å². The van der Waals surface area contributed by atoms with Crippen molar-refractivity contribution in [2.24, 2.45) is 7.05 Å². The molecule has 2 aromatic heterocycles. The maximum Gasteiger partial charge on any atom is 0.307 e. The van der Waals surface area contributed by atoms with Gasteiger partial charge < -0.3 is 5.11 Å². The van der Waals surface area contributed by atoms with Gasteiger partial charge in [-0.15, -0.1) is 0 Å². The van der Waals surface area contributed by atoms with Gasteiger partial charge >= 0.3 is 5.97 Å². The van der Waals surface area contributed by atoms with E-state index in [9.17, 15) is 4.79 Å². The van der Waals surface area contributed by atoms with Crippen molar-refractivity contribution < 1.29 is 9.90 Å². The average molecular weight is 262 g/mol. The number of aryl methyl sites for hydroxylation is 4. The number of nitrogens with zero attached hydrogens (tertiary/aromatic N) is 4. The molecular formula is C13H18N4O2. The first-order valence-electron chi connectivity index (χ1n) is 6.20. The fourth-order valence-electron chi connectivity index (χ4n) is 2.23. The largest absolute Gasteiger partial charge is 0.481 e. The molecule has 0 aliphatic heterocycles. The van der Waals surface area contributed by atoms with E-state index in [1.165, 1.54) is 0 Å². The Labute approximate surface area is 111 Å². The predicted molar refractivity (Wildman–Crippen MR) is 70.0 cm³/mol. The molecule has 0 aliphatic carbocycles. The number of carboxylic acid groups (broad SMARTS) is 1. The summed E-state index contributed by atoms with van der Waals surface area (Å²) in [6, 6.07) is 1.98. The van der Waals surface area contributed by atoms with Gasteiger partial charge in [0.15, 0.2) is 0 Å². The van der Waals surface area contributed by atoms with E-state index in [1.54, 1.807) is 6.20 Å². The Kier molecular flexibility index (Phi) is 3.69. The average Bonchev–Trinajstić information content (AvgIpc) is 2.85. The minimum Gasteiger partial charge on any atom is -0.481 e. The smallest absolute Gasteiger partial charge is 0.307 e. The molecule has 0 atom stereocenters. The monoisotopic (exact) mass is 262 g/mol. The molecule has 1 N–H and O–H groups in total. The lowest BCUT2D eigenvalue weighted by Gasteiger charge is -2.05. The molecule has 0 bridgehead atoms. The molecule has 0 fully saturated rings. The highest BCUT2D eigenvalue weighted by atomic mass is 16.4. The number of hydrogen-bond acceptors (Lipinski definition) is 3. The third kappa shape index (κ3) is 2.83. The normalized spacial score (nSPS) is 10.9. The molecule has 0 saturated heterocycles. The summed E-state index contributed by atoms with van der Waals surface area (Å²) in [6.07, 6.45) is 2.63. The predicted octanol–water partition coefficient (Wildman–Crippen LogP) is 1.10. The van der Waals surface area contributed by atoms with Gasteiger partial charge in [0.25, 0.3) is 0 Å².